The number of ether oxygens (including phenoxy) is 1. The van der Waals surface area contributed by atoms with E-state index in [9.17, 15) is 19.3 Å². The van der Waals surface area contributed by atoms with Gasteiger partial charge >= 0.3 is 5.69 Å². The maximum Gasteiger partial charge on any atom is 0.311 e. The predicted octanol–water partition coefficient (Wildman–Crippen LogP) is 3.86. The molecule has 0 fully saturated rings. The van der Waals surface area contributed by atoms with Crippen LogP contribution >= 0.6 is 0 Å². The maximum atomic E-state index is 13.1. The van der Waals surface area contributed by atoms with Gasteiger partial charge in [-0.25, -0.2) is 4.39 Å². The zero-order chi connectivity index (χ0) is 21.1. The van der Waals surface area contributed by atoms with Crippen molar-refractivity contribution >= 4 is 17.3 Å². The Bertz CT molecular complexity index is 1080. The minimum absolute atomic E-state index is 0.0750. The van der Waals surface area contributed by atoms with Crippen molar-refractivity contribution < 1.29 is 18.8 Å². The minimum atomic E-state index is -0.604. The summed E-state index contributed by atoms with van der Waals surface area (Å²) in [4.78, 5) is 23.2. The number of hydrogen-bond donors (Lipinski definition) is 1. The van der Waals surface area contributed by atoms with E-state index in [4.69, 9.17) is 4.74 Å². The quantitative estimate of drug-likeness (QED) is 0.502. The molecule has 8 nitrogen and oxygen atoms in total. The van der Waals surface area contributed by atoms with E-state index < -0.39 is 10.8 Å². The third-order valence-electron chi connectivity index (χ3n) is 4.50. The molecule has 0 saturated heterocycles. The molecule has 0 radical (unpaired) electrons. The molecule has 0 unspecified atom stereocenters. The molecule has 1 amide bonds. The van der Waals surface area contributed by atoms with Crippen LogP contribution in [0.1, 0.15) is 27.3 Å². The molecule has 0 aliphatic rings. The molecule has 1 N–H and O–H groups in total. The normalized spacial score (nSPS) is 10.6. The number of hydrogen-bond acceptors (Lipinski definition) is 5. The second-order valence-electron chi connectivity index (χ2n) is 6.43. The number of rotatable bonds is 6. The zero-order valence-electron chi connectivity index (χ0n) is 16.1. The van der Waals surface area contributed by atoms with E-state index in [0.717, 1.165) is 5.56 Å². The van der Waals surface area contributed by atoms with E-state index in [2.05, 4.69) is 10.4 Å². The van der Waals surface area contributed by atoms with Crippen LogP contribution in [0.2, 0.25) is 0 Å². The molecule has 0 spiro atoms. The monoisotopic (exact) mass is 398 g/mol. The summed E-state index contributed by atoms with van der Waals surface area (Å²) >= 11 is 0. The number of carbonyl (C=O) groups is 1. The van der Waals surface area contributed by atoms with Crippen molar-refractivity contribution in [2.75, 3.05) is 12.4 Å². The first-order chi connectivity index (χ1) is 13.8. The fourth-order valence-corrected chi connectivity index (χ4v) is 2.95. The molecule has 1 aromatic heterocycles. The van der Waals surface area contributed by atoms with Gasteiger partial charge in [-0.15, -0.1) is 0 Å². The average molecular weight is 398 g/mol. The lowest BCUT2D eigenvalue weighted by Gasteiger charge is -2.08. The van der Waals surface area contributed by atoms with Gasteiger partial charge in [-0.1, -0.05) is 12.1 Å². The summed E-state index contributed by atoms with van der Waals surface area (Å²) in [6.07, 6.45) is 0. The lowest BCUT2D eigenvalue weighted by molar-refractivity contribution is -0.385. The van der Waals surface area contributed by atoms with E-state index in [-0.39, 0.29) is 22.8 Å². The number of halogens is 1. The Hall–Kier alpha value is -3.75. The SMILES string of the molecule is COc1ccc(C(=O)Nc2c(C)nn(Cc3ccc(F)cc3)c2C)cc1[N+](=O)[O-]. The number of methoxy groups -OCH3 is 1. The van der Waals surface area contributed by atoms with Crippen molar-refractivity contribution in [3.63, 3.8) is 0 Å². The van der Waals surface area contributed by atoms with Gasteiger partial charge in [0.1, 0.15) is 5.82 Å². The summed E-state index contributed by atoms with van der Waals surface area (Å²) < 4.78 is 19.7. The highest BCUT2D eigenvalue weighted by atomic mass is 19.1. The first-order valence-corrected chi connectivity index (χ1v) is 8.72. The summed E-state index contributed by atoms with van der Waals surface area (Å²) in [5, 5.41) is 18.4. The van der Waals surface area contributed by atoms with Gasteiger partial charge in [-0.3, -0.25) is 19.6 Å². The van der Waals surface area contributed by atoms with Gasteiger partial charge in [0.2, 0.25) is 0 Å². The molecular weight excluding hydrogens is 379 g/mol. The molecule has 9 heteroatoms. The van der Waals surface area contributed by atoms with Crippen LogP contribution in [0.5, 0.6) is 5.75 Å². The molecule has 0 aliphatic carbocycles. The molecule has 0 bridgehead atoms. The second kappa shape index (κ2) is 8.09. The number of aromatic nitrogens is 2. The Morgan fingerprint density at radius 1 is 1.24 bits per heavy atom. The molecule has 2 aromatic carbocycles. The van der Waals surface area contributed by atoms with Crippen molar-refractivity contribution in [1.82, 2.24) is 9.78 Å². The second-order valence-corrected chi connectivity index (χ2v) is 6.43. The maximum absolute atomic E-state index is 13.1. The number of amides is 1. The van der Waals surface area contributed by atoms with Crippen molar-refractivity contribution in [2.45, 2.75) is 20.4 Å². The van der Waals surface area contributed by atoms with Gasteiger partial charge in [-0.2, -0.15) is 5.10 Å². The van der Waals surface area contributed by atoms with Gasteiger partial charge in [-0.05, 0) is 43.7 Å². The van der Waals surface area contributed by atoms with E-state index in [1.54, 1.807) is 30.7 Å². The summed E-state index contributed by atoms with van der Waals surface area (Å²) in [5.41, 5.74) is 2.53. The molecule has 0 aliphatic heterocycles. The highest BCUT2D eigenvalue weighted by Gasteiger charge is 2.20. The zero-order valence-corrected chi connectivity index (χ0v) is 16.1. The van der Waals surface area contributed by atoms with Gasteiger partial charge < -0.3 is 10.1 Å². The summed E-state index contributed by atoms with van der Waals surface area (Å²) in [6.45, 7) is 3.96. The van der Waals surface area contributed by atoms with Gasteiger partial charge in [0, 0.05) is 11.6 Å². The third-order valence-corrected chi connectivity index (χ3v) is 4.50. The van der Waals surface area contributed by atoms with Crippen LogP contribution in [0, 0.1) is 29.8 Å². The number of anilines is 1. The fraction of sp³-hybridized carbons (Fsp3) is 0.200. The van der Waals surface area contributed by atoms with Crippen LogP contribution in [-0.2, 0) is 6.54 Å². The standard InChI is InChI=1S/C20H19FN4O4/c1-12-19(13(2)24(23-12)11-14-4-7-16(21)8-5-14)22-20(26)15-6-9-18(29-3)17(10-15)25(27)28/h4-10H,11H2,1-3H3,(H,22,26). The van der Waals surface area contributed by atoms with Crippen molar-refractivity contribution in [3.05, 3.63) is 80.9 Å². The molecule has 3 rings (SSSR count). The molecule has 29 heavy (non-hydrogen) atoms. The Balaban J connectivity index is 1.84. The van der Waals surface area contributed by atoms with Crippen LogP contribution in [0.25, 0.3) is 0 Å². The first kappa shape index (κ1) is 20.0. The van der Waals surface area contributed by atoms with Crippen molar-refractivity contribution in [3.8, 4) is 5.75 Å². The average Bonchev–Trinajstić information content (AvgIpc) is 2.96. The first-order valence-electron chi connectivity index (χ1n) is 8.72. The minimum Gasteiger partial charge on any atom is -0.490 e. The number of nitrogens with zero attached hydrogens (tertiary/aromatic N) is 3. The Morgan fingerprint density at radius 2 is 1.93 bits per heavy atom. The number of benzene rings is 2. The highest BCUT2D eigenvalue weighted by molar-refractivity contribution is 6.05. The summed E-state index contributed by atoms with van der Waals surface area (Å²) in [6, 6.07) is 10.1. The van der Waals surface area contributed by atoms with E-state index in [0.29, 0.717) is 23.6 Å². The largest absolute Gasteiger partial charge is 0.490 e. The van der Waals surface area contributed by atoms with Gasteiger partial charge in [0.05, 0.1) is 35.7 Å². The number of nitrogens with one attached hydrogen (secondary N) is 1. The molecular formula is C20H19FN4O4. The van der Waals surface area contributed by atoms with E-state index in [1.165, 1.54) is 37.4 Å². The Labute approximate surface area is 166 Å². The van der Waals surface area contributed by atoms with Crippen LogP contribution in [0.3, 0.4) is 0 Å². The Kier molecular flexibility index (Phi) is 5.58. The molecule has 0 saturated carbocycles. The fourth-order valence-electron chi connectivity index (χ4n) is 2.95. The predicted molar refractivity (Wildman–Crippen MR) is 105 cm³/mol. The van der Waals surface area contributed by atoms with E-state index >= 15 is 0 Å². The van der Waals surface area contributed by atoms with E-state index in [1.807, 2.05) is 0 Å². The highest BCUT2D eigenvalue weighted by Crippen LogP contribution is 2.28. The lowest BCUT2D eigenvalue weighted by Crippen LogP contribution is -2.14. The van der Waals surface area contributed by atoms with Crippen molar-refractivity contribution in [1.29, 1.82) is 0 Å². The van der Waals surface area contributed by atoms with Crippen LogP contribution in [-0.4, -0.2) is 27.7 Å². The van der Waals surface area contributed by atoms with Crippen LogP contribution in [0.15, 0.2) is 42.5 Å². The summed E-state index contributed by atoms with van der Waals surface area (Å²) in [7, 11) is 1.32. The number of nitro groups is 1. The van der Waals surface area contributed by atoms with Crippen LogP contribution in [0.4, 0.5) is 15.8 Å². The molecule has 1 heterocycles. The lowest BCUT2D eigenvalue weighted by atomic mass is 10.1. The molecule has 3 aromatic rings. The molecule has 0 atom stereocenters. The number of nitro benzene ring substituents is 1. The van der Waals surface area contributed by atoms with Gasteiger partial charge in [0.25, 0.3) is 5.91 Å². The number of aryl methyl sites for hydroxylation is 1. The van der Waals surface area contributed by atoms with Gasteiger partial charge in [0.15, 0.2) is 5.75 Å². The topological polar surface area (TPSA) is 99.3 Å². The molecule has 150 valence electrons. The van der Waals surface area contributed by atoms with Crippen molar-refractivity contribution in [2.24, 2.45) is 0 Å². The smallest absolute Gasteiger partial charge is 0.311 e. The summed E-state index contributed by atoms with van der Waals surface area (Å²) in [5.74, 6) is -0.738. The third kappa shape index (κ3) is 4.23. The Morgan fingerprint density at radius 3 is 2.55 bits per heavy atom. The van der Waals surface area contributed by atoms with Crippen LogP contribution < -0.4 is 10.1 Å². The number of carbonyl (C=O) groups excluding carboxylic acids is 1.